The molecule has 0 unspecified atom stereocenters. The molecule has 0 saturated heterocycles. The van der Waals surface area contributed by atoms with E-state index in [2.05, 4.69) is 10.5 Å². The van der Waals surface area contributed by atoms with Crippen LogP contribution in [0.2, 0.25) is 0 Å². The van der Waals surface area contributed by atoms with Gasteiger partial charge in [0.15, 0.2) is 5.76 Å². The van der Waals surface area contributed by atoms with Crippen molar-refractivity contribution in [1.82, 2.24) is 10.5 Å². The quantitative estimate of drug-likeness (QED) is 0.818. The first kappa shape index (κ1) is 12.3. The Morgan fingerprint density at radius 2 is 2.11 bits per heavy atom. The van der Waals surface area contributed by atoms with Crippen molar-refractivity contribution in [3.63, 3.8) is 0 Å². The second-order valence-corrected chi connectivity index (χ2v) is 3.99. The number of nitrogens with zero attached hydrogens (tertiary/aromatic N) is 1. The van der Waals surface area contributed by atoms with E-state index in [-0.39, 0.29) is 5.91 Å². The maximum atomic E-state index is 11.7. The van der Waals surface area contributed by atoms with Gasteiger partial charge in [-0.15, -0.1) is 0 Å². The number of hydrogen-bond donors (Lipinski definition) is 2. The monoisotopic (exact) mass is 245 g/mol. The van der Waals surface area contributed by atoms with E-state index in [0.29, 0.717) is 18.7 Å². The van der Waals surface area contributed by atoms with E-state index in [1.54, 1.807) is 6.07 Å². The highest BCUT2D eigenvalue weighted by atomic mass is 16.5. The number of hydrogen-bond acceptors (Lipinski definition) is 4. The summed E-state index contributed by atoms with van der Waals surface area (Å²) < 4.78 is 4.88. The highest BCUT2D eigenvalue weighted by molar-refractivity contribution is 5.81. The number of carbonyl (C=O) groups excluding carboxylic acids is 1. The molecular formula is C13H15N3O2. The van der Waals surface area contributed by atoms with E-state index < -0.39 is 6.04 Å². The summed E-state index contributed by atoms with van der Waals surface area (Å²) in [6.07, 6.45) is 2.05. The third kappa shape index (κ3) is 3.43. The Balaban J connectivity index is 1.82. The zero-order valence-corrected chi connectivity index (χ0v) is 9.87. The lowest BCUT2D eigenvalue weighted by Crippen LogP contribution is -2.41. The molecule has 0 fully saturated rings. The van der Waals surface area contributed by atoms with Gasteiger partial charge in [0.05, 0.1) is 18.8 Å². The molecule has 5 heteroatoms. The zero-order valence-electron chi connectivity index (χ0n) is 9.87. The van der Waals surface area contributed by atoms with Crippen molar-refractivity contribution in [3.05, 3.63) is 53.9 Å². The summed E-state index contributed by atoms with van der Waals surface area (Å²) in [7, 11) is 0. The van der Waals surface area contributed by atoms with Crippen LogP contribution in [-0.2, 0) is 17.8 Å². The number of nitrogens with one attached hydrogen (secondary N) is 1. The van der Waals surface area contributed by atoms with Gasteiger partial charge in [0.2, 0.25) is 5.91 Å². The number of benzene rings is 1. The molecule has 0 aliphatic heterocycles. The Labute approximate surface area is 105 Å². The highest BCUT2D eigenvalue weighted by Crippen LogP contribution is 2.02. The molecule has 18 heavy (non-hydrogen) atoms. The molecular weight excluding hydrogens is 230 g/mol. The van der Waals surface area contributed by atoms with Crippen molar-refractivity contribution in [1.29, 1.82) is 0 Å². The number of aromatic nitrogens is 1. The standard InChI is InChI=1S/C13H15N3O2/c14-12(8-10-4-2-1-3-5-10)13(17)15-9-11-6-7-16-18-11/h1-7,12H,8-9,14H2,(H,15,17)/t12-/m0/s1. The topological polar surface area (TPSA) is 81.2 Å². The van der Waals surface area contributed by atoms with E-state index in [1.807, 2.05) is 30.3 Å². The third-order valence-electron chi connectivity index (χ3n) is 2.56. The van der Waals surface area contributed by atoms with Crippen LogP contribution in [0.3, 0.4) is 0 Å². The van der Waals surface area contributed by atoms with E-state index in [4.69, 9.17) is 10.3 Å². The van der Waals surface area contributed by atoms with E-state index in [9.17, 15) is 4.79 Å². The number of carbonyl (C=O) groups is 1. The summed E-state index contributed by atoms with van der Waals surface area (Å²) in [5.74, 6) is 0.408. The van der Waals surface area contributed by atoms with Gasteiger partial charge in [0.1, 0.15) is 0 Å². The lowest BCUT2D eigenvalue weighted by Gasteiger charge is -2.11. The summed E-state index contributed by atoms with van der Waals surface area (Å²) in [4.78, 5) is 11.7. The Kier molecular flexibility index (Phi) is 4.09. The second-order valence-electron chi connectivity index (χ2n) is 3.99. The second kappa shape index (κ2) is 5.97. The molecule has 3 N–H and O–H groups in total. The van der Waals surface area contributed by atoms with Crippen molar-refractivity contribution in [2.45, 2.75) is 19.0 Å². The van der Waals surface area contributed by atoms with Crippen molar-refractivity contribution < 1.29 is 9.32 Å². The van der Waals surface area contributed by atoms with Crippen LogP contribution in [0.1, 0.15) is 11.3 Å². The molecule has 0 radical (unpaired) electrons. The fraction of sp³-hybridized carbons (Fsp3) is 0.231. The van der Waals surface area contributed by atoms with Crippen molar-refractivity contribution in [2.75, 3.05) is 0 Å². The van der Waals surface area contributed by atoms with E-state index >= 15 is 0 Å². The average molecular weight is 245 g/mol. The van der Waals surface area contributed by atoms with Crippen LogP contribution in [-0.4, -0.2) is 17.1 Å². The van der Waals surface area contributed by atoms with E-state index in [0.717, 1.165) is 5.56 Å². The molecule has 1 amide bonds. The van der Waals surface area contributed by atoms with Crippen LogP contribution >= 0.6 is 0 Å². The molecule has 1 atom stereocenters. The van der Waals surface area contributed by atoms with Crippen molar-refractivity contribution in [2.24, 2.45) is 5.73 Å². The molecule has 0 saturated carbocycles. The Hall–Kier alpha value is -2.14. The van der Waals surface area contributed by atoms with Gasteiger partial charge >= 0.3 is 0 Å². The average Bonchev–Trinajstić information content (AvgIpc) is 2.90. The predicted octanol–water partition coefficient (Wildman–Crippen LogP) is 0.861. The molecule has 1 aromatic carbocycles. The molecule has 0 bridgehead atoms. The molecule has 1 heterocycles. The smallest absolute Gasteiger partial charge is 0.237 e. The first-order chi connectivity index (χ1) is 8.75. The third-order valence-corrected chi connectivity index (χ3v) is 2.56. The van der Waals surface area contributed by atoms with Crippen LogP contribution in [0.4, 0.5) is 0 Å². The van der Waals surface area contributed by atoms with Crippen LogP contribution in [0.15, 0.2) is 47.1 Å². The Bertz CT molecular complexity index is 482. The molecule has 0 spiro atoms. The molecule has 0 aliphatic rings. The van der Waals surface area contributed by atoms with Gasteiger partial charge in [-0.3, -0.25) is 4.79 Å². The summed E-state index contributed by atoms with van der Waals surface area (Å²) in [6, 6.07) is 10.8. The van der Waals surface area contributed by atoms with Crippen molar-refractivity contribution in [3.8, 4) is 0 Å². The van der Waals surface area contributed by atoms with Crippen LogP contribution in [0, 0.1) is 0 Å². The van der Waals surface area contributed by atoms with E-state index in [1.165, 1.54) is 6.20 Å². The maximum absolute atomic E-state index is 11.7. The van der Waals surface area contributed by atoms with Crippen molar-refractivity contribution >= 4 is 5.91 Å². The summed E-state index contributed by atoms with van der Waals surface area (Å²) in [5.41, 5.74) is 6.87. The largest absolute Gasteiger partial charge is 0.360 e. The van der Waals surface area contributed by atoms with Gasteiger partial charge in [-0.2, -0.15) is 0 Å². The normalized spacial score (nSPS) is 12.1. The van der Waals surface area contributed by atoms with Crippen LogP contribution in [0.5, 0.6) is 0 Å². The Morgan fingerprint density at radius 3 is 2.78 bits per heavy atom. The minimum Gasteiger partial charge on any atom is -0.360 e. The highest BCUT2D eigenvalue weighted by Gasteiger charge is 2.13. The van der Waals surface area contributed by atoms with Gasteiger partial charge in [-0.05, 0) is 12.0 Å². The molecule has 1 aromatic heterocycles. The molecule has 94 valence electrons. The number of amides is 1. The first-order valence-electron chi connectivity index (χ1n) is 5.72. The minimum atomic E-state index is -0.560. The SMILES string of the molecule is N[C@@H](Cc1ccccc1)C(=O)NCc1ccno1. The maximum Gasteiger partial charge on any atom is 0.237 e. The van der Waals surface area contributed by atoms with Gasteiger partial charge in [0.25, 0.3) is 0 Å². The summed E-state index contributed by atoms with van der Waals surface area (Å²) in [6.45, 7) is 0.307. The molecule has 5 nitrogen and oxygen atoms in total. The van der Waals surface area contributed by atoms with Gasteiger partial charge < -0.3 is 15.6 Å². The first-order valence-corrected chi connectivity index (χ1v) is 5.72. The van der Waals surface area contributed by atoms with Crippen LogP contribution in [0.25, 0.3) is 0 Å². The zero-order chi connectivity index (χ0) is 12.8. The lowest BCUT2D eigenvalue weighted by atomic mass is 10.1. The summed E-state index contributed by atoms with van der Waals surface area (Å²) in [5, 5.41) is 6.26. The lowest BCUT2D eigenvalue weighted by molar-refractivity contribution is -0.122. The van der Waals surface area contributed by atoms with Gasteiger partial charge in [-0.1, -0.05) is 35.5 Å². The molecule has 2 rings (SSSR count). The fourth-order valence-corrected chi connectivity index (χ4v) is 1.60. The van der Waals surface area contributed by atoms with Gasteiger partial charge in [-0.25, -0.2) is 0 Å². The molecule has 2 aromatic rings. The number of nitrogens with two attached hydrogens (primary N) is 1. The fourth-order valence-electron chi connectivity index (χ4n) is 1.60. The Morgan fingerprint density at radius 1 is 1.33 bits per heavy atom. The molecule has 0 aliphatic carbocycles. The predicted molar refractivity (Wildman–Crippen MR) is 66.5 cm³/mol. The summed E-state index contributed by atoms with van der Waals surface area (Å²) >= 11 is 0. The van der Waals surface area contributed by atoms with Gasteiger partial charge in [0, 0.05) is 6.07 Å². The minimum absolute atomic E-state index is 0.199. The number of rotatable bonds is 5. The van der Waals surface area contributed by atoms with Crippen LogP contribution < -0.4 is 11.1 Å².